The zero-order chi connectivity index (χ0) is 22.0. The first-order valence-corrected chi connectivity index (χ1v) is 10.6. The lowest BCUT2D eigenvalue weighted by Crippen LogP contribution is -2.41. The van der Waals surface area contributed by atoms with E-state index >= 15 is 0 Å². The summed E-state index contributed by atoms with van der Waals surface area (Å²) in [5, 5.41) is 3.46. The second kappa shape index (κ2) is 9.01. The van der Waals surface area contributed by atoms with Gasteiger partial charge in [0.15, 0.2) is 0 Å². The van der Waals surface area contributed by atoms with Crippen LogP contribution in [-0.2, 0) is 9.53 Å². The molecule has 160 valence electrons. The molecule has 2 aromatic carbocycles. The van der Waals surface area contributed by atoms with E-state index in [1.165, 1.54) is 24.3 Å². The van der Waals surface area contributed by atoms with Crippen LogP contribution in [0.15, 0.2) is 42.5 Å². The number of halogens is 2. The second-order valence-corrected chi connectivity index (χ2v) is 8.30. The monoisotopic (exact) mass is 461 g/mol. The highest BCUT2D eigenvalue weighted by Gasteiger charge is 2.24. The van der Waals surface area contributed by atoms with Gasteiger partial charge < -0.3 is 10.1 Å². The summed E-state index contributed by atoms with van der Waals surface area (Å²) < 4.78 is 19.3. The van der Waals surface area contributed by atoms with Crippen molar-refractivity contribution in [1.82, 2.24) is 10.9 Å². The molecule has 0 saturated carbocycles. The van der Waals surface area contributed by atoms with Crippen LogP contribution in [-0.4, -0.2) is 30.4 Å². The smallest absolute Gasteiger partial charge is 0.281 e. The van der Waals surface area contributed by atoms with E-state index in [9.17, 15) is 18.8 Å². The summed E-state index contributed by atoms with van der Waals surface area (Å²) in [7, 11) is 0. The van der Waals surface area contributed by atoms with Crippen LogP contribution in [0, 0.1) is 5.82 Å². The quantitative estimate of drug-likeness (QED) is 0.513. The topological polar surface area (TPSA) is 96.5 Å². The van der Waals surface area contributed by atoms with Crippen LogP contribution in [0.2, 0.25) is 5.02 Å². The number of nitrogens with one attached hydrogen (secondary N) is 3. The van der Waals surface area contributed by atoms with E-state index in [1.54, 1.807) is 18.2 Å². The summed E-state index contributed by atoms with van der Waals surface area (Å²) in [5.41, 5.74) is 5.29. The van der Waals surface area contributed by atoms with Crippen molar-refractivity contribution in [2.45, 2.75) is 18.9 Å². The SMILES string of the molecule is O=C(NNC(=O)c1sc2cc(F)ccc2c1Cl)c1cccc(NC(=O)C2CCCO2)c1. The Morgan fingerprint density at radius 1 is 1.10 bits per heavy atom. The minimum absolute atomic E-state index is 0.153. The number of benzene rings is 2. The molecule has 3 aromatic rings. The van der Waals surface area contributed by atoms with Crippen molar-refractivity contribution >= 4 is 56.4 Å². The molecule has 1 aromatic heterocycles. The highest BCUT2D eigenvalue weighted by molar-refractivity contribution is 7.21. The average molecular weight is 462 g/mol. The van der Waals surface area contributed by atoms with Gasteiger partial charge in [0.2, 0.25) is 0 Å². The van der Waals surface area contributed by atoms with Crippen molar-refractivity contribution in [3.63, 3.8) is 0 Å². The fourth-order valence-electron chi connectivity index (χ4n) is 3.17. The average Bonchev–Trinajstić information content (AvgIpc) is 3.40. The zero-order valence-electron chi connectivity index (χ0n) is 16.0. The Morgan fingerprint density at radius 3 is 2.68 bits per heavy atom. The van der Waals surface area contributed by atoms with E-state index in [0.29, 0.717) is 28.8 Å². The molecule has 1 aliphatic heterocycles. The number of carbonyl (C=O) groups excluding carboxylic acids is 3. The summed E-state index contributed by atoms with van der Waals surface area (Å²) in [4.78, 5) is 37.2. The van der Waals surface area contributed by atoms with Crippen molar-refractivity contribution in [1.29, 1.82) is 0 Å². The van der Waals surface area contributed by atoms with E-state index < -0.39 is 23.7 Å². The van der Waals surface area contributed by atoms with Gasteiger partial charge >= 0.3 is 0 Å². The van der Waals surface area contributed by atoms with Crippen molar-refractivity contribution in [2.24, 2.45) is 0 Å². The van der Waals surface area contributed by atoms with Crippen molar-refractivity contribution < 1.29 is 23.5 Å². The van der Waals surface area contributed by atoms with Crippen LogP contribution in [0.25, 0.3) is 10.1 Å². The van der Waals surface area contributed by atoms with Crippen LogP contribution in [0.4, 0.5) is 10.1 Å². The zero-order valence-corrected chi connectivity index (χ0v) is 17.6. The summed E-state index contributed by atoms with van der Waals surface area (Å²) in [6.45, 7) is 0.555. The molecule has 0 aliphatic carbocycles. The van der Waals surface area contributed by atoms with Crippen molar-refractivity contribution in [3.05, 3.63) is 63.7 Å². The fourth-order valence-corrected chi connectivity index (χ4v) is 4.61. The minimum Gasteiger partial charge on any atom is -0.368 e. The van der Waals surface area contributed by atoms with Crippen LogP contribution in [0.3, 0.4) is 0 Å². The first kappa shape index (κ1) is 21.2. The largest absolute Gasteiger partial charge is 0.368 e. The predicted molar refractivity (Wildman–Crippen MR) is 116 cm³/mol. The molecule has 0 radical (unpaired) electrons. The number of thiophene rings is 1. The van der Waals surface area contributed by atoms with Crippen LogP contribution >= 0.6 is 22.9 Å². The molecule has 0 bridgehead atoms. The van der Waals surface area contributed by atoms with Gasteiger partial charge in [-0.05, 0) is 49.2 Å². The minimum atomic E-state index is -0.622. The lowest BCUT2D eigenvalue weighted by molar-refractivity contribution is -0.124. The molecule has 7 nitrogen and oxygen atoms in total. The number of hydrogen-bond acceptors (Lipinski definition) is 5. The molecular formula is C21H17ClFN3O4S. The molecule has 10 heteroatoms. The molecule has 1 fully saturated rings. The van der Waals surface area contributed by atoms with E-state index in [0.717, 1.165) is 17.8 Å². The summed E-state index contributed by atoms with van der Waals surface area (Å²) >= 11 is 7.24. The lowest BCUT2D eigenvalue weighted by Gasteiger charge is -2.11. The third-order valence-electron chi connectivity index (χ3n) is 4.70. The molecule has 3 amide bonds. The van der Waals surface area contributed by atoms with Crippen LogP contribution < -0.4 is 16.2 Å². The third kappa shape index (κ3) is 4.68. The van der Waals surface area contributed by atoms with Gasteiger partial charge in [0, 0.05) is 27.9 Å². The Kier molecular flexibility index (Phi) is 6.17. The first-order valence-electron chi connectivity index (χ1n) is 9.43. The first-order chi connectivity index (χ1) is 14.9. The van der Waals surface area contributed by atoms with Crippen LogP contribution in [0.5, 0.6) is 0 Å². The summed E-state index contributed by atoms with van der Waals surface area (Å²) in [5.74, 6) is -1.90. The van der Waals surface area contributed by atoms with E-state index in [4.69, 9.17) is 16.3 Å². The molecule has 1 aliphatic rings. The standard InChI is InChI=1S/C21H17ClFN3O4S/c22-17-14-7-6-12(23)10-16(14)31-18(17)21(29)26-25-19(27)11-3-1-4-13(9-11)24-20(28)15-5-2-8-30-15/h1,3-4,6-7,9-10,15H,2,5,8H2,(H,24,28)(H,25,27)(H,26,29). The number of ether oxygens (including phenoxy) is 1. The maximum Gasteiger partial charge on any atom is 0.281 e. The van der Waals surface area contributed by atoms with E-state index in [-0.39, 0.29) is 21.4 Å². The van der Waals surface area contributed by atoms with Gasteiger partial charge in [-0.1, -0.05) is 17.7 Å². The van der Waals surface area contributed by atoms with Gasteiger partial charge in [-0.25, -0.2) is 4.39 Å². The van der Waals surface area contributed by atoms with Crippen molar-refractivity contribution in [2.75, 3.05) is 11.9 Å². The molecule has 4 rings (SSSR count). The molecule has 0 spiro atoms. The molecule has 3 N–H and O–H groups in total. The van der Waals surface area contributed by atoms with Crippen LogP contribution in [0.1, 0.15) is 32.9 Å². The Bertz CT molecular complexity index is 1180. The number of rotatable bonds is 4. The molecular weight excluding hydrogens is 445 g/mol. The number of fused-ring (bicyclic) bond motifs is 1. The van der Waals surface area contributed by atoms with Crippen molar-refractivity contribution in [3.8, 4) is 0 Å². The number of hydrazine groups is 1. The maximum atomic E-state index is 13.4. The van der Waals surface area contributed by atoms with Gasteiger partial charge in [0.1, 0.15) is 16.8 Å². The molecule has 2 heterocycles. The Labute approximate surface area is 185 Å². The number of hydrogen-bond donors (Lipinski definition) is 3. The number of carbonyl (C=O) groups is 3. The molecule has 1 saturated heterocycles. The highest BCUT2D eigenvalue weighted by atomic mass is 35.5. The Hall–Kier alpha value is -3.01. The summed E-state index contributed by atoms with van der Waals surface area (Å²) in [6, 6.07) is 10.3. The Morgan fingerprint density at radius 2 is 1.90 bits per heavy atom. The van der Waals surface area contributed by atoms with E-state index in [1.807, 2.05) is 0 Å². The second-order valence-electron chi connectivity index (χ2n) is 6.87. The van der Waals surface area contributed by atoms with Gasteiger partial charge in [-0.2, -0.15) is 0 Å². The number of amides is 3. The molecule has 1 unspecified atom stereocenters. The Balaban J connectivity index is 1.40. The van der Waals surface area contributed by atoms with Gasteiger partial charge in [0.25, 0.3) is 17.7 Å². The van der Waals surface area contributed by atoms with E-state index in [2.05, 4.69) is 16.2 Å². The van der Waals surface area contributed by atoms with Gasteiger partial charge in [-0.15, -0.1) is 11.3 Å². The highest BCUT2D eigenvalue weighted by Crippen LogP contribution is 2.35. The van der Waals surface area contributed by atoms with Gasteiger partial charge in [-0.3, -0.25) is 25.2 Å². The van der Waals surface area contributed by atoms with Gasteiger partial charge in [0.05, 0.1) is 5.02 Å². The predicted octanol–water partition coefficient (Wildman–Crippen LogP) is 3.89. The lowest BCUT2D eigenvalue weighted by atomic mass is 10.1. The molecule has 1 atom stereocenters. The third-order valence-corrected chi connectivity index (χ3v) is 6.36. The number of anilines is 1. The molecule has 31 heavy (non-hydrogen) atoms. The summed E-state index contributed by atoms with van der Waals surface area (Å²) in [6.07, 6.45) is 1.00. The fraction of sp³-hybridized carbons (Fsp3) is 0.190. The normalized spacial score (nSPS) is 15.6. The maximum absolute atomic E-state index is 13.4.